The van der Waals surface area contributed by atoms with E-state index >= 15 is 0 Å². The third-order valence-electron chi connectivity index (χ3n) is 3.12. The fourth-order valence-electron chi connectivity index (χ4n) is 1.88. The highest BCUT2D eigenvalue weighted by Crippen LogP contribution is 2.23. The fraction of sp³-hybridized carbons (Fsp3) is 0.174. The molecular weight excluding hydrogens is 388 g/mol. The van der Waals surface area contributed by atoms with Crippen molar-refractivity contribution in [3.8, 4) is 11.1 Å². The zero-order chi connectivity index (χ0) is 36.5. The van der Waals surface area contributed by atoms with Gasteiger partial charge in [0, 0.05) is 35.7 Å². The number of rotatable bonds is 9. The zero-order valence-electron chi connectivity index (χ0n) is 32.3. The van der Waals surface area contributed by atoms with Gasteiger partial charge in [-0.15, -0.1) is 0 Å². The smallest absolute Gasteiger partial charge is 0.335 e. The van der Waals surface area contributed by atoms with Crippen LogP contribution >= 0.6 is 11.6 Å². The predicted molar refractivity (Wildman–Crippen MR) is 117 cm³/mol. The van der Waals surface area contributed by atoms with Crippen LogP contribution in [0.25, 0.3) is 11.1 Å². The molecule has 0 aromatic heterocycles. The third-order valence-corrected chi connectivity index (χ3v) is 3.31. The molecule has 0 heterocycles. The molecule has 0 amide bonds. The molecule has 0 fully saturated rings. The van der Waals surface area contributed by atoms with Crippen LogP contribution in [0.5, 0.6) is 0 Å². The number of carboxylic acid groups (broad SMARTS) is 1. The monoisotopic (exact) mass is 428 g/mol. The normalized spacial score (nSPS) is 22.1. The quantitative estimate of drug-likeness (QED) is 0.405. The average molecular weight is 429 g/mol. The van der Waals surface area contributed by atoms with E-state index in [4.69, 9.17) is 36.3 Å². The standard InChI is InChI=1S/C23H23ClN2O3/c24-20-8-2-6-18(13-20)22(27)15-25-10-11-26-21-9-3-5-17(14-21)16-4-1-7-19(12-16)23(28)29/h1-9,12-14,22,25-27H,10-11,15H2,(H,28,29)/t22-/m0/s1/i1D,2D,3D,4D,5D,6D,7D,8D,9D,10D2,11D2,12D,13D,14D,15D2. The SMILES string of the molecule is [2H]c1c([2H])c(NC([2H])([2H])C([2H])([2H])NC([2H])([2H])[C@H](O)c2c([2H])c([2H])c([2H])c(Cl)c2[2H])c([2H])c(-c2c([2H])c([2H])c([2H])c(C(=O)O)c2[2H])c1[2H]. The van der Waals surface area contributed by atoms with E-state index in [0.29, 0.717) is 0 Å². The maximum absolute atomic E-state index is 11.7. The van der Waals surface area contributed by atoms with Crippen molar-refractivity contribution >= 4 is 23.3 Å². The number of halogens is 1. The van der Waals surface area contributed by atoms with E-state index in [0.717, 1.165) is 0 Å². The summed E-state index contributed by atoms with van der Waals surface area (Å²) in [5.41, 5.74) is -4.86. The highest BCUT2D eigenvalue weighted by molar-refractivity contribution is 6.30. The minimum atomic E-state index is -3.66. The molecule has 0 saturated heterocycles. The van der Waals surface area contributed by atoms with Crippen molar-refractivity contribution in [3.63, 3.8) is 0 Å². The van der Waals surface area contributed by atoms with E-state index in [2.05, 4.69) is 0 Å². The van der Waals surface area contributed by atoms with E-state index in [9.17, 15) is 15.0 Å². The first kappa shape index (κ1) is 7.76. The Balaban J connectivity index is 2.17. The van der Waals surface area contributed by atoms with Gasteiger partial charge in [-0.1, -0.05) is 47.9 Å². The van der Waals surface area contributed by atoms with Gasteiger partial charge in [0.25, 0.3) is 0 Å². The van der Waals surface area contributed by atoms with Crippen molar-refractivity contribution in [2.24, 2.45) is 0 Å². The van der Waals surface area contributed by atoms with Gasteiger partial charge in [0.15, 0.2) is 0 Å². The highest BCUT2D eigenvalue weighted by Gasteiger charge is 2.07. The lowest BCUT2D eigenvalue weighted by atomic mass is 10.0. The van der Waals surface area contributed by atoms with Gasteiger partial charge in [-0.05, 0) is 52.9 Å². The van der Waals surface area contributed by atoms with Crippen LogP contribution in [-0.4, -0.2) is 35.7 Å². The number of aromatic carboxylic acids is 1. The van der Waals surface area contributed by atoms with Crippen LogP contribution in [0.1, 0.15) is 46.7 Å². The molecule has 3 rings (SSSR count). The van der Waals surface area contributed by atoms with Gasteiger partial charge < -0.3 is 20.8 Å². The summed E-state index contributed by atoms with van der Waals surface area (Å²) in [5.74, 6) is -1.87. The number of aliphatic hydroxyl groups is 1. The van der Waals surface area contributed by atoms with Crippen LogP contribution in [0.15, 0.2) is 72.5 Å². The molecule has 4 N–H and O–H groups in total. The third kappa shape index (κ3) is 6.06. The van der Waals surface area contributed by atoms with Gasteiger partial charge in [-0.2, -0.15) is 0 Å². The molecule has 1 atom stereocenters. The Hall–Kier alpha value is -2.86. The summed E-state index contributed by atoms with van der Waals surface area (Å²) >= 11 is 5.81. The van der Waals surface area contributed by atoms with Crippen molar-refractivity contribution in [1.82, 2.24) is 5.32 Å². The molecule has 3 aromatic carbocycles. The van der Waals surface area contributed by atoms with Crippen LogP contribution in [0.4, 0.5) is 5.69 Å². The number of carboxylic acids is 1. The summed E-state index contributed by atoms with van der Waals surface area (Å²) in [6.45, 7) is -10.7. The summed E-state index contributed by atoms with van der Waals surface area (Å²) in [5, 5.41) is 22.9. The van der Waals surface area contributed by atoms with Crippen LogP contribution in [0.2, 0.25) is 5.02 Å². The molecule has 0 aliphatic heterocycles. The highest BCUT2D eigenvalue weighted by atomic mass is 35.5. The van der Waals surface area contributed by atoms with E-state index in [1.807, 2.05) is 5.32 Å². The second-order valence-corrected chi connectivity index (χ2v) is 5.46. The molecular formula is C23H23ClN2O3. The number of hydrogen-bond acceptors (Lipinski definition) is 4. The number of nitrogens with one attached hydrogen (secondary N) is 2. The minimum absolute atomic E-state index is 0.723. The Morgan fingerprint density at radius 2 is 1.76 bits per heavy atom. The number of benzene rings is 3. The van der Waals surface area contributed by atoms with Crippen molar-refractivity contribution in [2.75, 3.05) is 24.8 Å². The maximum Gasteiger partial charge on any atom is 0.335 e. The minimum Gasteiger partial charge on any atom is -0.478 e. The summed E-state index contributed by atoms with van der Waals surface area (Å²) in [4.78, 5) is 11.7. The van der Waals surface area contributed by atoms with E-state index in [1.165, 1.54) is 0 Å². The van der Waals surface area contributed by atoms with Crippen LogP contribution in [-0.2, 0) is 0 Å². The second-order valence-electron chi connectivity index (χ2n) is 5.08. The average Bonchev–Trinajstić information content (AvgIpc) is 2.96. The first-order valence-electron chi connectivity index (χ1n) is 16.7. The fourth-order valence-corrected chi connectivity index (χ4v) is 2.03. The summed E-state index contributed by atoms with van der Waals surface area (Å²) < 4.78 is 147. The van der Waals surface area contributed by atoms with E-state index in [1.54, 1.807) is 5.32 Å². The molecule has 6 heteroatoms. The number of aliphatic hydroxyl groups excluding tert-OH is 1. The van der Waals surface area contributed by atoms with Gasteiger partial charge in [0.05, 0.1) is 30.9 Å². The zero-order valence-corrected chi connectivity index (χ0v) is 15.0. The lowest BCUT2D eigenvalue weighted by Gasteiger charge is -2.13. The molecule has 0 radical (unpaired) electrons. The largest absolute Gasteiger partial charge is 0.478 e. The summed E-state index contributed by atoms with van der Waals surface area (Å²) in [6, 6.07) is -12.0. The number of anilines is 1. The second kappa shape index (κ2) is 10.1. The van der Waals surface area contributed by atoms with Gasteiger partial charge in [0.1, 0.15) is 0 Å². The molecule has 0 bridgehead atoms. The van der Waals surface area contributed by atoms with Gasteiger partial charge >= 0.3 is 5.97 Å². The van der Waals surface area contributed by atoms with Gasteiger partial charge in [0.2, 0.25) is 0 Å². The van der Waals surface area contributed by atoms with E-state index in [-0.39, 0.29) is 0 Å². The number of hydrogen-bond donors (Lipinski definition) is 4. The van der Waals surface area contributed by atoms with E-state index < -0.39 is 137 Å². The van der Waals surface area contributed by atoms with Crippen molar-refractivity contribution < 1.29 is 39.7 Å². The van der Waals surface area contributed by atoms with Crippen LogP contribution in [0.3, 0.4) is 0 Å². The lowest BCUT2D eigenvalue weighted by molar-refractivity contribution is 0.0697. The Kier molecular flexibility index (Phi) is 2.70. The van der Waals surface area contributed by atoms with Crippen molar-refractivity contribution in [2.45, 2.75) is 6.10 Å². The van der Waals surface area contributed by atoms with Gasteiger partial charge in [-0.25, -0.2) is 4.79 Å². The van der Waals surface area contributed by atoms with Crippen LogP contribution < -0.4 is 10.6 Å². The molecule has 150 valence electrons. The molecule has 5 nitrogen and oxygen atoms in total. The van der Waals surface area contributed by atoms with Crippen molar-refractivity contribution in [3.05, 3.63) is 88.7 Å². The maximum atomic E-state index is 11.7. The molecule has 3 aromatic rings. The van der Waals surface area contributed by atoms with Crippen LogP contribution in [0, 0.1) is 0 Å². The Morgan fingerprint density at radius 3 is 2.55 bits per heavy atom. The molecule has 0 aliphatic rings. The Labute approximate surface area is 200 Å². The molecule has 29 heavy (non-hydrogen) atoms. The first-order chi connectivity index (χ1) is 21.2. The van der Waals surface area contributed by atoms with Crippen molar-refractivity contribution in [1.29, 1.82) is 0 Å². The Bertz CT molecular complexity index is 1790. The predicted octanol–water partition coefficient (Wildman–Crippen LogP) is 4.44. The summed E-state index contributed by atoms with van der Waals surface area (Å²) in [7, 11) is 0. The summed E-state index contributed by atoms with van der Waals surface area (Å²) in [6.07, 6.45) is -2.66. The van der Waals surface area contributed by atoms with Gasteiger partial charge in [-0.3, -0.25) is 0 Å². The number of carbonyl (C=O) groups is 1. The molecule has 0 unspecified atom stereocenters. The first-order valence-corrected chi connectivity index (χ1v) is 8.08. The Morgan fingerprint density at radius 1 is 1.03 bits per heavy atom. The topological polar surface area (TPSA) is 81.6 Å². The lowest BCUT2D eigenvalue weighted by Crippen LogP contribution is -2.26. The molecule has 0 saturated carbocycles. The molecule has 0 aliphatic carbocycles. The molecule has 0 spiro atoms.